The Kier molecular flexibility index (Phi) is 3.89. The van der Waals surface area contributed by atoms with Gasteiger partial charge in [0, 0.05) is 42.0 Å². The van der Waals surface area contributed by atoms with E-state index < -0.39 is 11.9 Å². The number of fused-ring (bicyclic) bond motifs is 1. The molecule has 0 spiro atoms. The maximum Gasteiger partial charge on any atom is 0.257 e. The van der Waals surface area contributed by atoms with Gasteiger partial charge in [0.15, 0.2) is 0 Å². The third-order valence-corrected chi connectivity index (χ3v) is 4.06. The Labute approximate surface area is 148 Å². The molecule has 4 aromatic rings. The van der Waals surface area contributed by atoms with Crippen molar-refractivity contribution in [3.05, 3.63) is 72.8 Å². The zero-order chi connectivity index (χ0) is 18.1. The largest absolute Gasteiger partial charge is 0.334 e. The highest BCUT2D eigenvalue weighted by molar-refractivity contribution is 6.04. The Morgan fingerprint density at radius 3 is 2.73 bits per heavy atom. The average molecular weight is 347 g/mol. The predicted octanol–water partition coefficient (Wildman–Crippen LogP) is 3.42. The molecule has 0 aliphatic heterocycles. The highest BCUT2D eigenvalue weighted by Crippen LogP contribution is 2.25. The summed E-state index contributed by atoms with van der Waals surface area (Å²) in [7, 11) is 1.93. The van der Waals surface area contributed by atoms with E-state index in [9.17, 15) is 9.18 Å². The molecule has 26 heavy (non-hydrogen) atoms. The first-order valence-corrected chi connectivity index (χ1v) is 7.89. The first-order chi connectivity index (χ1) is 12.6. The Morgan fingerprint density at radius 1 is 1.08 bits per heavy atom. The van der Waals surface area contributed by atoms with Crippen LogP contribution in [0.15, 0.2) is 61.3 Å². The molecule has 0 saturated carbocycles. The van der Waals surface area contributed by atoms with E-state index in [1.54, 1.807) is 24.8 Å². The van der Waals surface area contributed by atoms with Crippen molar-refractivity contribution in [1.82, 2.24) is 19.5 Å². The Morgan fingerprint density at radius 2 is 1.96 bits per heavy atom. The van der Waals surface area contributed by atoms with E-state index in [2.05, 4.69) is 20.3 Å². The average Bonchev–Trinajstić information content (AvgIpc) is 3.07. The van der Waals surface area contributed by atoms with Crippen molar-refractivity contribution >= 4 is 22.5 Å². The number of hydrogen-bond acceptors (Lipinski definition) is 4. The van der Waals surface area contributed by atoms with Crippen LogP contribution in [0.4, 0.5) is 10.2 Å². The van der Waals surface area contributed by atoms with Crippen molar-refractivity contribution in [2.45, 2.75) is 0 Å². The molecular weight excluding hydrogens is 333 g/mol. The summed E-state index contributed by atoms with van der Waals surface area (Å²) in [5, 5.41) is 4.56. The molecule has 1 amide bonds. The second-order valence-electron chi connectivity index (χ2n) is 5.84. The van der Waals surface area contributed by atoms with Crippen LogP contribution in [-0.4, -0.2) is 25.4 Å². The predicted molar refractivity (Wildman–Crippen MR) is 96.1 cm³/mol. The van der Waals surface area contributed by atoms with Gasteiger partial charge in [-0.05, 0) is 23.6 Å². The number of aryl methyl sites for hydroxylation is 1. The van der Waals surface area contributed by atoms with E-state index in [0.29, 0.717) is 5.82 Å². The number of pyridine rings is 2. The van der Waals surface area contributed by atoms with Gasteiger partial charge in [0.25, 0.3) is 5.91 Å². The van der Waals surface area contributed by atoms with E-state index in [-0.39, 0.29) is 5.56 Å². The lowest BCUT2D eigenvalue weighted by molar-refractivity contribution is 0.102. The first kappa shape index (κ1) is 15.9. The van der Waals surface area contributed by atoms with Gasteiger partial charge in [-0.2, -0.15) is 4.39 Å². The Bertz CT molecular complexity index is 1120. The summed E-state index contributed by atoms with van der Waals surface area (Å²) in [4.78, 5) is 24.1. The van der Waals surface area contributed by atoms with Gasteiger partial charge in [0.1, 0.15) is 5.82 Å². The molecule has 0 atom stereocenters. The van der Waals surface area contributed by atoms with E-state index in [0.717, 1.165) is 28.1 Å². The van der Waals surface area contributed by atoms with Gasteiger partial charge in [-0.1, -0.05) is 12.1 Å². The summed E-state index contributed by atoms with van der Waals surface area (Å²) in [5.41, 5.74) is 2.18. The molecule has 7 heteroatoms. The molecule has 1 N–H and O–H groups in total. The van der Waals surface area contributed by atoms with Crippen LogP contribution in [0.3, 0.4) is 0 Å². The quantitative estimate of drug-likeness (QED) is 0.576. The lowest BCUT2D eigenvalue weighted by Crippen LogP contribution is -2.13. The summed E-state index contributed by atoms with van der Waals surface area (Å²) >= 11 is 0. The number of amides is 1. The number of carbonyl (C=O) groups is 1. The van der Waals surface area contributed by atoms with E-state index >= 15 is 0 Å². The van der Waals surface area contributed by atoms with Gasteiger partial charge < -0.3 is 9.88 Å². The van der Waals surface area contributed by atoms with Crippen molar-refractivity contribution in [3.63, 3.8) is 0 Å². The lowest BCUT2D eigenvalue weighted by atomic mass is 10.1. The molecule has 3 aromatic heterocycles. The maximum atomic E-state index is 13.2. The molecular formula is C19H14FN5O. The fourth-order valence-corrected chi connectivity index (χ4v) is 2.74. The minimum atomic E-state index is -0.704. The highest BCUT2D eigenvalue weighted by Gasteiger charge is 2.09. The third-order valence-electron chi connectivity index (χ3n) is 4.06. The topological polar surface area (TPSA) is 72.7 Å². The standard InChI is InChI=1S/C19H14FN5O/c1-25-11-21-10-16(25)12-2-3-14-9-23-18(8-15(14)6-12)24-19(26)13-4-5-22-17(20)7-13/h2-11H,1H3,(H,23,24,26). The van der Waals surface area contributed by atoms with Crippen LogP contribution in [0.5, 0.6) is 0 Å². The van der Waals surface area contributed by atoms with Crippen LogP contribution in [0.1, 0.15) is 10.4 Å². The zero-order valence-electron chi connectivity index (χ0n) is 13.8. The van der Waals surface area contributed by atoms with Gasteiger partial charge in [0.05, 0.1) is 18.2 Å². The van der Waals surface area contributed by atoms with Gasteiger partial charge in [0.2, 0.25) is 5.95 Å². The molecule has 0 unspecified atom stereocenters. The zero-order valence-corrected chi connectivity index (χ0v) is 13.8. The van der Waals surface area contributed by atoms with Crippen molar-refractivity contribution in [2.75, 3.05) is 5.32 Å². The summed E-state index contributed by atoms with van der Waals surface area (Å²) in [5.74, 6) is -0.757. The lowest BCUT2D eigenvalue weighted by Gasteiger charge is -2.08. The minimum absolute atomic E-state index is 0.183. The number of anilines is 1. The van der Waals surface area contributed by atoms with Gasteiger partial charge in [-0.3, -0.25) is 4.79 Å². The molecule has 0 fully saturated rings. The molecule has 1 aromatic carbocycles. The molecule has 0 bridgehead atoms. The fourth-order valence-electron chi connectivity index (χ4n) is 2.74. The van der Waals surface area contributed by atoms with Crippen LogP contribution >= 0.6 is 0 Å². The van der Waals surface area contributed by atoms with E-state index in [4.69, 9.17) is 0 Å². The number of nitrogens with one attached hydrogen (secondary N) is 1. The molecule has 0 radical (unpaired) electrons. The molecule has 4 rings (SSSR count). The monoisotopic (exact) mass is 347 g/mol. The second-order valence-corrected chi connectivity index (χ2v) is 5.84. The summed E-state index contributed by atoms with van der Waals surface area (Å²) in [6.07, 6.45) is 6.47. The second kappa shape index (κ2) is 6.36. The number of rotatable bonds is 3. The number of halogens is 1. The smallest absolute Gasteiger partial charge is 0.257 e. The molecule has 0 aliphatic rings. The molecule has 0 saturated heterocycles. The molecule has 0 aliphatic carbocycles. The minimum Gasteiger partial charge on any atom is -0.334 e. The molecule has 3 heterocycles. The fraction of sp³-hybridized carbons (Fsp3) is 0.0526. The van der Waals surface area contributed by atoms with Crippen LogP contribution in [0.25, 0.3) is 22.0 Å². The number of imidazole rings is 1. The van der Waals surface area contributed by atoms with Crippen molar-refractivity contribution in [3.8, 4) is 11.3 Å². The maximum absolute atomic E-state index is 13.2. The Hall–Kier alpha value is -3.61. The number of nitrogens with zero attached hydrogens (tertiary/aromatic N) is 4. The number of hydrogen-bond donors (Lipinski definition) is 1. The number of carbonyl (C=O) groups excluding carboxylic acids is 1. The van der Waals surface area contributed by atoms with Crippen molar-refractivity contribution in [1.29, 1.82) is 0 Å². The number of benzene rings is 1. The highest BCUT2D eigenvalue weighted by atomic mass is 19.1. The summed E-state index contributed by atoms with van der Waals surface area (Å²) in [6.45, 7) is 0. The third kappa shape index (κ3) is 3.02. The van der Waals surface area contributed by atoms with E-state index in [1.165, 1.54) is 12.3 Å². The number of aromatic nitrogens is 4. The van der Waals surface area contributed by atoms with Crippen molar-refractivity contribution in [2.24, 2.45) is 7.05 Å². The Balaban J connectivity index is 1.66. The van der Waals surface area contributed by atoms with Crippen LogP contribution in [-0.2, 0) is 7.05 Å². The summed E-state index contributed by atoms with van der Waals surface area (Å²) in [6, 6.07) is 10.3. The normalized spacial score (nSPS) is 10.8. The first-order valence-electron chi connectivity index (χ1n) is 7.89. The molecule has 6 nitrogen and oxygen atoms in total. The van der Waals surface area contributed by atoms with Crippen molar-refractivity contribution < 1.29 is 9.18 Å². The summed E-state index contributed by atoms with van der Waals surface area (Å²) < 4.78 is 15.1. The molecule has 128 valence electrons. The van der Waals surface area contributed by atoms with Gasteiger partial charge in [-0.15, -0.1) is 0 Å². The van der Waals surface area contributed by atoms with E-state index in [1.807, 2.05) is 29.8 Å². The van der Waals surface area contributed by atoms with Crippen LogP contribution < -0.4 is 5.32 Å². The van der Waals surface area contributed by atoms with Crippen LogP contribution in [0, 0.1) is 5.95 Å². The SMILES string of the molecule is Cn1cncc1-c1ccc2cnc(NC(=O)c3ccnc(F)c3)cc2c1. The van der Waals surface area contributed by atoms with Crippen LogP contribution in [0.2, 0.25) is 0 Å². The van der Waals surface area contributed by atoms with Gasteiger partial charge in [-0.25, -0.2) is 15.0 Å². The van der Waals surface area contributed by atoms with Gasteiger partial charge >= 0.3 is 0 Å².